The molecule has 126 valence electrons. The molecule has 3 aromatic heterocycles. The molecule has 1 aliphatic rings. The molecule has 0 spiro atoms. The molecule has 1 aliphatic heterocycles. The third-order valence-corrected chi connectivity index (χ3v) is 5.73. The number of hydrogen-bond donors (Lipinski definition) is 0. The number of rotatable bonds is 3. The molecule has 0 radical (unpaired) electrons. The zero-order chi connectivity index (χ0) is 16.7. The van der Waals surface area contributed by atoms with Gasteiger partial charge in [0.15, 0.2) is 5.65 Å². The third-order valence-electron chi connectivity index (χ3n) is 4.72. The van der Waals surface area contributed by atoms with Crippen molar-refractivity contribution in [3.8, 4) is 0 Å². The zero-order valence-corrected chi connectivity index (χ0v) is 15.2. The number of hydrogen-bond acceptors (Lipinski definition) is 6. The van der Waals surface area contributed by atoms with Crippen LogP contribution in [0.5, 0.6) is 0 Å². The Morgan fingerprint density at radius 1 is 1.12 bits per heavy atom. The molecule has 24 heavy (non-hydrogen) atoms. The van der Waals surface area contributed by atoms with Crippen LogP contribution in [0, 0.1) is 13.8 Å². The molecular formula is C17H22N6S. The lowest BCUT2D eigenvalue weighted by Gasteiger charge is -2.35. The number of nitrogens with zero attached hydrogens (tertiary/aromatic N) is 6. The Hall–Kier alpha value is -1.99. The molecular weight excluding hydrogens is 320 g/mol. The van der Waals surface area contributed by atoms with E-state index < -0.39 is 0 Å². The van der Waals surface area contributed by atoms with Gasteiger partial charge >= 0.3 is 0 Å². The van der Waals surface area contributed by atoms with E-state index in [0.717, 1.165) is 49.6 Å². The number of piperazine rings is 1. The van der Waals surface area contributed by atoms with Crippen LogP contribution in [0.15, 0.2) is 18.6 Å². The summed E-state index contributed by atoms with van der Waals surface area (Å²) in [4.78, 5) is 16.6. The topological polar surface area (TPSA) is 50.1 Å². The highest BCUT2D eigenvalue weighted by Crippen LogP contribution is 2.25. The molecule has 0 saturated carbocycles. The highest BCUT2D eigenvalue weighted by Gasteiger charge is 2.21. The maximum atomic E-state index is 4.51. The summed E-state index contributed by atoms with van der Waals surface area (Å²) in [6, 6.07) is 2.33. The quantitative estimate of drug-likeness (QED) is 0.731. The van der Waals surface area contributed by atoms with Crippen molar-refractivity contribution < 1.29 is 0 Å². The van der Waals surface area contributed by atoms with Crippen molar-refractivity contribution in [1.29, 1.82) is 0 Å². The van der Waals surface area contributed by atoms with Crippen molar-refractivity contribution in [2.45, 2.75) is 20.4 Å². The molecule has 0 unspecified atom stereocenters. The van der Waals surface area contributed by atoms with Gasteiger partial charge in [-0.15, -0.1) is 11.3 Å². The summed E-state index contributed by atoms with van der Waals surface area (Å²) >= 11 is 1.90. The highest BCUT2D eigenvalue weighted by molar-refractivity contribution is 7.12. The van der Waals surface area contributed by atoms with E-state index >= 15 is 0 Å². The molecule has 1 fully saturated rings. The minimum Gasteiger partial charge on any atom is -0.353 e. The number of aryl methyl sites for hydroxylation is 3. The lowest BCUT2D eigenvalue weighted by Crippen LogP contribution is -2.46. The fourth-order valence-electron chi connectivity index (χ4n) is 3.40. The molecule has 4 heterocycles. The van der Waals surface area contributed by atoms with Gasteiger partial charge in [-0.05, 0) is 25.5 Å². The first-order valence-electron chi connectivity index (χ1n) is 8.28. The van der Waals surface area contributed by atoms with Gasteiger partial charge in [-0.3, -0.25) is 9.58 Å². The summed E-state index contributed by atoms with van der Waals surface area (Å²) < 4.78 is 1.80. The molecule has 0 atom stereocenters. The van der Waals surface area contributed by atoms with E-state index in [-0.39, 0.29) is 0 Å². The van der Waals surface area contributed by atoms with Crippen molar-refractivity contribution in [3.63, 3.8) is 0 Å². The minimum absolute atomic E-state index is 0.895. The fraction of sp³-hybridized carbons (Fsp3) is 0.471. The summed E-state index contributed by atoms with van der Waals surface area (Å²) in [5, 5.41) is 5.35. The Morgan fingerprint density at radius 2 is 1.92 bits per heavy atom. The van der Waals surface area contributed by atoms with Gasteiger partial charge in [0.2, 0.25) is 0 Å². The molecule has 3 aromatic rings. The standard InChI is InChI=1S/C17H22N6S/c1-12-8-14(13(2)24-12)10-22-4-6-23(7-5-22)17-15-9-20-21(3)16(15)18-11-19-17/h8-9,11H,4-7,10H2,1-3H3. The molecule has 6 nitrogen and oxygen atoms in total. The van der Waals surface area contributed by atoms with Crippen LogP contribution >= 0.6 is 11.3 Å². The van der Waals surface area contributed by atoms with Crippen molar-refractivity contribution in [1.82, 2.24) is 24.6 Å². The van der Waals surface area contributed by atoms with Crippen LogP contribution in [-0.4, -0.2) is 50.8 Å². The van der Waals surface area contributed by atoms with Gasteiger partial charge in [-0.25, -0.2) is 9.97 Å². The fourth-order valence-corrected chi connectivity index (χ4v) is 4.34. The second-order valence-corrected chi connectivity index (χ2v) is 7.86. The Labute approximate surface area is 145 Å². The summed E-state index contributed by atoms with van der Waals surface area (Å²) in [6.07, 6.45) is 3.51. The van der Waals surface area contributed by atoms with Gasteiger partial charge in [0, 0.05) is 49.5 Å². The minimum atomic E-state index is 0.895. The predicted molar refractivity (Wildman–Crippen MR) is 97.6 cm³/mol. The van der Waals surface area contributed by atoms with E-state index in [1.165, 1.54) is 15.3 Å². The lowest BCUT2D eigenvalue weighted by atomic mass is 10.2. The van der Waals surface area contributed by atoms with E-state index in [1.54, 1.807) is 11.0 Å². The van der Waals surface area contributed by atoms with Gasteiger partial charge < -0.3 is 4.90 Å². The van der Waals surface area contributed by atoms with Crippen LogP contribution in [0.2, 0.25) is 0 Å². The second kappa shape index (κ2) is 6.14. The van der Waals surface area contributed by atoms with Crippen LogP contribution in [0.25, 0.3) is 11.0 Å². The lowest BCUT2D eigenvalue weighted by molar-refractivity contribution is 0.249. The SMILES string of the molecule is Cc1cc(CN2CCN(c3ncnc4c3cnn4C)CC2)c(C)s1. The van der Waals surface area contributed by atoms with E-state index in [9.17, 15) is 0 Å². The summed E-state index contributed by atoms with van der Waals surface area (Å²) in [5.74, 6) is 1.01. The van der Waals surface area contributed by atoms with Crippen LogP contribution in [-0.2, 0) is 13.6 Å². The average molecular weight is 342 g/mol. The number of thiophene rings is 1. The molecule has 0 N–H and O–H groups in total. The van der Waals surface area contributed by atoms with Crippen LogP contribution in [0.3, 0.4) is 0 Å². The van der Waals surface area contributed by atoms with Gasteiger partial charge in [-0.2, -0.15) is 5.10 Å². The Balaban J connectivity index is 1.46. The van der Waals surface area contributed by atoms with Crippen LogP contribution in [0.4, 0.5) is 5.82 Å². The molecule has 7 heteroatoms. The van der Waals surface area contributed by atoms with Crippen LogP contribution in [0.1, 0.15) is 15.3 Å². The number of anilines is 1. The summed E-state index contributed by atoms with van der Waals surface area (Å²) in [6.45, 7) is 9.55. The Bertz CT molecular complexity index is 859. The molecule has 0 aliphatic carbocycles. The monoisotopic (exact) mass is 342 g/mol. The van der Waals surface area contributed by atoms with Crippen molar-refractivity contribution in [2.24, 2.45) is 7.05 Å². The average Bonchev–Trinajstić information content (AvgIpc) is 3.11. The summed E-state index contributed by atoms with van der Waals surface area (Å²) in [5.41, 5.74) is 2.37. The van der Waals surface area contributed by atoms with Gasteiger partial charge in [0.1, 0.15) is 12.1 Å². The third kappa shape index (κ3) is 2.78. The number of fused-ring (bicyclic) bond motifs is 1. The molecule has 1 saturated heterocycles. The molecule has 4 rings (SSSR count). The van der Waals surface area contributed by atoms with Crippen molar-refractivity contribution in [2.75, 3.05) is 31.1 Å². The first-order valence-corrected chi connectivity index (χ1v) is 9.09. The van der Waals surface area contributed by atoms with E-state index in [2.05, 4.69) is 44.8 Å². The maximum absolute atomic E-state index is 4.51. The first-order chi connectivity index (χ1) is 11.6. The number of aromatic nitrogens is 4. The summed E-state index contributed by atoms with van der Waals surface area (Å²) in [7, 11) is 1.92. The zero-order valence-electron chi connectivity index (χ0n) is 14.4. The molecule has 0 aromatic carbocycles. The van der Waals surface area contributed by atoms with Crippen LogP contribution < -0.4 is 4.90 Å². The molecule has 0 amide bonds. The molecule has 0 bridgehead atoms. The predicted octanol–water partition coefficient (Wildman–Crippen LogP) is 2.36. The van der Waals surface area contributed by atoms with Gasteiger partial charge in [0.05, 0.1) is 11.6 Å². The van der Waals surface area contributed by atoms with E-state index in [4.69, 9.17) is 0 Å². The highest BCUT2D eigenvalue weighted by atomic mass is 32.1. The normalized spacial score (nSPS) is 16.2. The second-order valence-electron chi connectivity index (χ2n) is 6.40. The largest absolute Gasteiger partial charge is 0.353 e. The first kappa shape index (κ1) is 15.5. The Kier molecular flexibility index (Phi) is 3.97. The van der Waals surface area contributed by atoms with Gasteiger partial charge in [-0.1, -0.05) is 0 Å². The van der Waals surface area contributed by atoms with E-state index in [1.807, 2.05) is 24.6 Å². The van der Waals surface area contributed by atoms with Gasteiger partial charge in [0.25, 0.3) is 0 Å². The van der Waals surface area contributed by atoms with Crippen molar-refractivity contribution >= 4 is 28.2 Å². The maximum Gasteiger partial charge on any atom is 0.163 e. The van der Waals surface area contributed by atoms with E-state index in [0.29, 0.717) is 0 Å². The van der Waals surface area contributed by atoms with Crippen molar-refractivity contribution in [3.05, 3.63) is 33.9 Å². The smallest absolute Gasteiger partial charge is 0.163 e. The Morgan fingerprint density at radius 3 is 2.62 bits per heavy atom.